The van der Waals surface area contributed by atoms with Gasteiger partial charge in [0.05, 0.1) is 23.8 Å². The molecule has 0 fully saturated rings. The lowest BCUT2D eigenvalue weighted by atomic mass is 10.0. The summed E-state index contributed by atoms with van der Waals surface area (Å²) in [5, 5.41) is 0. The van der Waals surface area contributed by atoms with Gasteiger partial charge in [0.25, 0.3) is 5.56 Å². The van der Waals surface area contributed by atoms with Crippen LogP contribution in [-0.4, -0.2) is 22.5 Å². The van der Waals surface area contributed by atoms with Gasteiger partial charge in [-0.15, -0.1) is 0 Å². The molecule has 16 heavy (non-hydrogen) atoms. The van der Waals surface area contributed by atoms with E-state index >= 15 is 0 Å². The number of anilines is 1. The summed E-state index contributed by atoms with van der Waals surface area (Å²) >= 11 is 0. The van der Waals surface area contributed by atoms with E-state index < -0.39 is 17.4 Å². The fourth-order valence-corrected chi connectivity index (χ4v) is 1.51. The predicted octanol–water partition coefficient (Wildman–Crippen LogP) is 0.327. The maximum atomic E-state index is 11.6. The van der Waals surface area contributed by atoms with Gasteiger partial charge in [-0.05, 0) is 20.8 Å². The van der Waals surface area contributed by atoms with Crippen LogP contribution in [0.4, 0.5) is 5.95 Å². The molecule has 0 amide bonds. The largest absolute Gasteiger partial charge is 0.466 e. The molecule has 0 radical (unpaired) electrons. The van der Waals surface area contributed by atoms with Crippen molar-refractivity contribution in [3.63, 3.8) is 0 Å². The van der Waals surface area contributed by atoms with Gasteiger partial charge in [-0.2, -0.15) is 0 Å². The second kappa shape index (κ2) is 4.78. The summed E-state index contributed by atoms with van der Waals surface area (Å²) in [7, 11) is 0. The number of aromatic nitrogens is 2. The third kappa shape index (κ3) is 2.39. The van der Waals surface area contributed by atoms with Crippen LogP contribution in [0.5, 0.6) is 0 Å². The number of aromatic amines is 1. The molecule has 1 rings (SSSR count). The lowest BCUT2D eigenvalue weighted by molar-refractivity contribution is -0.144. The van der Waals surface area contributed by atoms with Crippen molar-refractivity contribution in [1.82, 2.24) is 9.97 Å². The molecule has 0 aliphatic carbocycles. The molecule has 0 unspecified atom stereocenters. The van der Waals surface area contributed by atoms with Gasteiger partial charge in [-0.1, -0.05) is 0 Å². The first-order valence-corrected chi connectivity index (χ1v) is 5.00. The average Bonchev–Trinajstić information content (AvgIpc) is 2.16. The number of ether oxygens (including phenoxy) is 1. The number of carbonyl (C=O) groups is 1. The summed E-state index contributed by atoms with van der Waals surface area (Å²) in [6.07, 6.45) is 0. The number of carbonyl (C=O) groups excluding carboxylic acids is 1. The van der Waals surface area contributed by atoms with Crippen molar-refractivity contribution in [3.8, 4) is 0 Å². The van der Waals surface area contributed by atoms with Gasteiger partial charge in [-0.25, -0.2) is 4.98 Å². The molecule has 1 aromatic rings. The van der Waals surface area contributed by atoms with Gasteiger partial charge < -0.3 is 10.5 Å². The Kier molecular flexibility index (Phi) is 3.65. The first-order chi connectivity index (χ1) is 7.47. The molecular formula is C10H15N3O3. The Labute approximate surface area is 92.8 Å². The summed E-state index contributed by atoms with van der Waals surface area (Å²) in [6.45, 7) is 5.23. The number of aryl methyl sites for hydroxylation is 1. The Bertz CT molecular complexity index is 453. The van der Waals surface area contributed by atoms with Crippen molar-refractivity contribution < 1.29 is 9.53 Å². The lowest BCUT2D eigenvalue weighted by Gasteiger charge is -2.11. The molecule has 0 aromatic carbocycles. The van der Waals surface area contributed by atoms with Crippen LogP contribution >= 0.6 is 0 Å². The molecule has 1 atom stereocenters. The van der Waals surface area contributed by atoms with Gasteiger partial charge in [0, 0.05) is 0 Å². The third-order valence-corrected chi connectivity index (χ3v) is 2.24. The Morgan fingerprint density at radius 1 is 1.62 bits per heavy atom. The van der Waals surface area contributed by atoms with E-state index in [-0.39, 0.29) is 12.6 Å². The first kappa shape index (κ1) is 12.2. The summed E-state index contributed by atoms with van der Waals surface area (Å²) < 4.78 is 4.85. The SMILES string of the molecule is CCOC(=O)[C@@H](C)c1c(C)nc(N)[nH]c1=O. The molecule has 3 N–H and O–H groups in total. The minimum atomic E-state index is -0.642. The van der Waals surface area contributed by atoms with Crippen LogP contribution in [0.1, 0.15) is 31.0 Å². The fourth-order valence-electron chi connectivity index (χ4n) is 1.51. The molecule has 88 valence electrons. The van der Waals surface area contributed by atoms with E-state index in [2.05, 4.69) is 9.97 Å². The van der Waals surface area contributed by atoms with E-state index in [9.17, 15) is 9.59 Å². The molecule has 0 saturated carbocycles. The average molecular weight is 225 g/mol. The van der Waals surface area contributed by atoms with Crippen LogP contribution in [0.2, 0.25) is 0 Å². The maximum Gasteiger partial charge on any atom is 0.313 e. The standard InChI is InChI=1S/C10H15N3O3/c1-4-16-9(15)5(2)7-6(3)12-10(11)13-8(7)14/h5H,4H2,1-3H3,(H3,11,12,13,14)/t5-/m0/s1. The van der Waals surface area contributed by atoms with Gasteiger partial charge >= 0.3 is 5.97 Å². The molecule has 0 spiro atoms. The first-order valence-electron chi connectivity index (χ1n) is 5.00. The Morgan fingerprint density at radius 3 is 2.75 bits per heavy atom. The van der Waals surface area contributed by atoms with Crippen LogP contribution in [0.25, 0.3) is 0 Å². The highest BCUT2D eigenvalue weighted by Crippen LogP contribution is 2.15. The Balaban J connectivity index is 3.14. The topological polar surface area (TPSA) is 98.1 Å². The van der Waals surface area contributed by atoms with Crippen LogP contribution in [-0.2, 0) is 9.53 Å². The minimum absolute atomic E-state index is 0.0438. The van der Waals surface area contributed by atoms with Crippen LogP contribution in [0, 0.1) is 6.92 Å². The van der Waals surface area contributed by atoms with Crippen molar-refractivity contribution in [2.24, 2.45) is 0 Å². The Hall–Kier alpha value is -1.85. The Morgan fingerprint density at radius 2 is 2.25 bits per heavy atom. The van der Waals surface area contributed by atoms with Gasteiger partial charge in [0.15, 0.2) is 0 Å². The summed E-state index contributed by atoms with van der Waals surface area (Å²) in [5.41, 5.74) is 5.73. The van der Waals surface area contributed by atoms with Crippen LogP contribution in [0.15, 0.2) is 4.79 Å². The monoisotopic (exact) mass is 225 g/mol. The summed E-state index contributed by atoms with van der Waals surface area (Å²) in [5.74, 6) is -1.04. The highest BCUT2D eigenvalue weighted by Gasteiger charge is 2.22. The van der Waals surface area contributed by atoms with Gasteiger partial charge in [-0.3, -0.25) is 14.6 Å². The summed E-state index contributed by atoms with van der Waals surface area (Å²) in [6, 6.07) is 0. The number of esters is 1. The van der Waals surface area contributed by atoms with Crippen LogP contribution < -0.4 is 11.3 Å². The number of nitrogen functional groups attached to an aromatic ring is 1. The van der Waals surface area contributed by atoms with Crippen molar-refractivity contribution in [3.05, 3.63) is 21.6 Å². The number of nitrogens with zero attached hydrogens (tertiary/aromatic N) is 1. The van der Waals surface area contributed by atoms with E-state index in [1.165, 1.54) is 0 Å². The molecule has 0 bridgehead atoms. The van der Waals surface area contributed by atoms with Crippen molar-refractivity contribution in [1.29, 1.82) is 0 Å². The number of H-pyrrole nitrogens is 1. The van der Waals surface area contributed by atoms with Crippen LogP contribution in [0.3, 0.4) is 0 Å². The normalized spacial score (nSPS) is 12.2. The predicted molar refractivity (Wildman–Crippen MR) is 59.1 cm³/mol. The molecule has 6 nitrogen and oxygen atoms in total. The molecule has 1 heterocycles. The zero-order valence-electron chi connectivity index (χ0n) is 9.53. The van der Waals surface area contributed by atoms with E-state index in [0.29, 0.717) is 11.3 Å². The second-order valence-electron chi connectivity index (χ2n) is 3.42. The molecule has 0 aliphatic rings. The van der Waals surface area contributed by atoms with E-state index in [1.54, 1.807) is 20.8 Å². The third-order valence-electron chi connectivity index (χ3n) is 2.24. The van der Waals surface area contributed by atoms with Crippen molar-refractivity contribution in [2.45, 2.75) is 26.7 Å². The highest BCUT2D eigenvalue weighted by atomic mass is 16.5. The molecule has 0 saturated heterocycles. The zero-order valence-corrected chi connectivity index (χ0v) is 9.53. The van der Waals surface area contributed by atoms with E-state index in [1.807, 2.05) is 0 Å². The van der Waals surface area contributed by atoms with Crippen molar-refractivity contribution >= 4 is 11.9 Å². The highest BCUT2D eigenvalue weighted by molar-refractivity contribution is 5.77. The number of hydrogen-bond acceptors (Lipinski definition) is 5. The van der Waals surface area contributed by atoms with Gasteiger partial charge in [0.2, 0.25) is 5.95 Å². The molecule has 6 heteroatoms. The quantitative estimate of drug-likeness (QED) is 0.722. The van der Waals surface area contributed by atoms with E-state index in [0.717, 1.165) is 0 Å². The van der Waals surface area contributed by atoms with E-state index in [4.69, 9.17) is 10.5 Å². The lowest BCUT2D eigenvalue weighted by Crippen LogP contribution is -2.25. The maximum absolute atomic E-state index is 11.6. The fraction of sp³-hybridized carbons (Fsp3) is 0.500. The number of nitrogens with one attached hydrogen (secondary N) is 1. The molecule has 0 aliphatic heterocycles. The smallest absolute Gasteiger partial charge is 0.313 e. The number of rotatable bonds is 3. The minimum Gasteiger partial charge on any atom is -0.466 e. The number of nitrogens with two attached hydrogens (primary N) is 1. The summed E-state index contributed by atoms with van der Waals surface area (Å²) in [4.78, 5) is 29.4. The molecule has 1 aromatic heterocycles. The number of hydrogen-bond donors (Lipinski definition) is 2. The van der Waals surface area contributed by atoms with Crippen molar-refractivity contribution in [2.75, 3.05) is 12.3 Å². The molecular weight excluding hydrogens is 210 g/mol. The van der Waals surface area contributed by atoms with Gasteiger partial charge in [0.1, 0.15) is 0 Å². The zero-order chi connectivity index (χ0) is 12.3. The second-order valence-corrected chi connectivity index (χ2v) is 3.42.